The molecule has 0 radical (unpaired) electrons. The Hall–Kier alpha value is -3.29. The third-order valence-electron chi connectivity index (χ3n) is 4.69. The molecular weight excluding hydrogens is 446 g/mol. The molecule has 1 heterocycles. The molecule has 0 aliphatic rings. The van der Waals surface area contributed by atoms with E-state index in [1.54, 1.807) is 13.2 Å². The Morgan fingerprint density at radius 1 is 1.03 bits per heavy atom. The molecule has 1 atom stereocenters. The summed E-state index contributed by atoms with van der Waals surface area (Å²) in [6, 6.07) is 24.2. The zero-order valence-electron chi connectivity index (χ0n) is 17.2. The monoisotopic (exact) mass is 465 g/mol. The van der Waals surface area contributed by atoms with Crippen molar-refractivity contribution in [2.24, 2.45) is 0 Å². The summed E-state index contributed by atoms with van der Waals surface area (Å²) in [4.78, 5) is 12.7. The number of carbonyl (C=O) groups excluding carboxylic acids is 1. The van der Waals surface area contributed by atoms with Crippen LogP contribution in [0.2, 0.25) is 5.02 Å². The van der Waals surface area contributed by atoms with Gasteiger partial charge in [-0.3, -0.25) is 4.79 Å². The third kappa shape index (κ3) is 5.49. The fraction of sp³-hybridized carbons (Fsp3) is 0.125. The molecule has 162 valence electrons. The van der Waals surface area contributed by atoms with Gasteiger partial charge in [0.15, 0.2) is 0 Å². The Kier molecular flexibility index (Phi) is 7.09. The molecule has 0 fully saturated rings. The van der Waals surface area contributed by atoms with Gasteiger partial charge in [-0.15, -0.1) is 10.2 Å². The van der Waals surface area contributed by atoms with Gasteiger partial charge < -0.3 is 14.5 Å². The summed E-state index contributed by atoms with van der Waals surface area (Å²) in [6.45, 7) is 0. The maximum atomic E-state index is 12.7. The Labute approximate surface area is 195 Å². The minimum Gasteiger partial charge on any atom is -0.497 e. The number of carbonyl (C=O) groups is 1. The van der Waals surface area contributed by atoms with Crippen molar-refractivity contribution in [1.29, 1.82) is 0 Å². The van der Waals surface area contributed by atoms with Gasteiger partial charge in [-0.2, -0.15) is 0 Å². The summed E-state index contributed by atoms with van der Waals surface area (Å²) in [5.74, 6) is 1.10. The van der Waals surface area contributed by atoms with Gasteiger partial charge in [0.25, 0.3) is 5.22 Å². The first-order valence-corrected chi connectivity index (χ1v) is 11.2. The van der Waals surface area contributed by atoms with Crippen LogP contribution in [0, 0.1) is 0 Å². The zero-order chi connectivity index (χ0) is 22.3. The van der Waals surface area contributed by atoms with E-state index < -0.39 is 0 Å². The number of methoxy groups -OCH3 is 1. The highest BCUT2D eigenvalue weighted by atomic mass is 35.5. The summed E-state index contributed by atoms with van der Waals surface area (Å²) in [5, 5.41) is 12.1. The number of halogens is 1. The standard InChI is InChI=1S/C24H20ClN3O3S/c1-30-20-12-10-17(11-13-20)23-27-28-24(31-23)32-15-21(29)26-22(16-6-3-2-4-7-16)18-8-5-9-19(25)14-18/h2-14,22H,15H2,1H3,(H,26,29). The lowest BCUT2D eigenvalue weighted by Crippen LogP contribution is -2.30. The average molecular weight is 466 g/mol. The molecule has 8 heteroatoms. The summed E-state index contributed by atoms with van der Waals surface area (Å²) in [7, 11) is 1.61. The molecule has 1 aromatic heterocycles. The van der Waals surface area contributed by atoms with Crippen molar-refractivity contribution in [2.75, 3.05) is 12.9 Å². The van der Waals surface area contributed by atoms with Gasteiger partial charge in [0.1, 0.15) is 5.75 Å². The van der Waals surface area contributed by atoms with Crippen molar-refractivity contribution >= 4 is 29.3 Å². The van der Waals surface area contributed by atoms with E-state index in [4.69, 9.17) is 20.8 Å². The molecule has 0 spiro atoms. The lowest BCUT2D eigenvalue weighted by molar-refractivity contribution is -0.119. The van der Waals surface area contributed by atoms with Crippen molar-refractivity contribution in [1.82, 2.24) is 15.5 Å². The molecule has 1 N–H and O–H groups in total. The highest BCUT2D eigenvalue weighted by Crippen LogP contribution is 2.27. The van der Waals surface area contributed by atoms with Crippen molar-refractivity contribution in [3.63, 3.8) is 0 Å². The van der Waals surface area contributed by atoms with Crippen LogP contribution in [0.3, 0.4) is 0 Å². The van der Waals surface area contributed by atoms with Gasteiger partial charge in [0.05, 0.1) is 18.9 Å². The fourth-order valence-corrected chi connectivity index (χ4v) is 3.91. The van der Waals surface area contributed by atoms with Crippen molar-refractivity contribution in [2.45, 2.75) is 11.3 Å². The van der Waals surface area contributed by atoms with E-state index in [9.17, 15) is 4.79 Å². The summed E-state index contributed by atoms with van der Waals surface area (Å²) >= 11 is 7.36. The number of thioether (sulfide) groups is 1. The van der Waals surface area contributed by atoms with E-state index in [0.717, 1.165) is 22.4 Å². The van der Waals surface area contributed by atoms with Gasteiger partial charge >= 0.3 is 0 Å². The van der Waals surface area contributed by atoms with Crippen LogP contribution in [0.15, 0.2) is 88.5 Å². The minimum absolute atomic E-state index is 0.133. The molecule has 4 aromatic rings. The number of nitrogens with one attached hydrogen (secondary N) is 1. The Bertz CT molecular complexity index is 1180. The second-order valence-electron chi connectivity index (χ2n) is 6.86. The second kappa shape index (κ2) is 10.3. The van der Waals surface area contributed by atoms with Crippen LogP contribution in [0.4, 0.5) is 0 Å². The summed E-state index contributed by atoms with van der Waals surface area (Å²) in [6.07, 6.45) is 0. The van der Waals surface area contributed by atoms with E-state index in [0.29, 0.717) is 16.1 Å². The number of rotatable bonds is 8. The predicted octanol–water partition coefficient (Wildman–Crippen LogP) is 5.40. The number of hydrogen-bond donors (Lipinski definition) is 1. The quantitative estimate of drug-likeness (QED) is 0.351. The zero-order valence-corrected chi connectivity index (χ0v) is 18.8. The topological polar surface area (TPSA) is 77.2 Å². The number of ether oxygens (including phenoxy) is 1. The second-order valence-corrected chi connectivity index (χ2v) is 8.22. The predicted molar refractivity (Wildman–Crippen MR) is 125 cm³/mol. The summed E-state index contributed by atoms with van der Waals surface area (Å²) in [5.41, 5.74) is 2.65. The SMILES string of the molecule is COc1ccc(-c2nnc(SCC(=O)NC(c3ccccc3)c3cccc(Cl)c3)o2)cc1. The number of benzene rings is 3. The molecule has 1 unspecified atom stereocenters. The van der Waals surface area contributed by atoms with Gasteiger partial charge in [0.2, 0.25) is 11.8 Å². The van der Waals surface area contributed by atoms with Crippen LogP contribution >= 0.6 is 23.4 Å². The minimum atomic E-state index is -0.319. The normalized spacial score (nSPS) is 11.7. The Morgan fingerprint density at radius 2 is 1.78 bits per heavy atom. The molecule has 6 nitrogen and oxygen atoms in total. The van der Waals surface area contributed by atoms with Crippen molar-refractivity contribution in [3.8, 4) is 17.2 Å². The lowest BCUT2D eigenvalue weighted by Gasteiger charge is -2.20. The van der Waals surface area contributed by atoms with E-state index in [1.165, 1.54) is 11.8 Å². The van der Waals surface area contributed by atoms with Gasteiger partial charge in [-0.05, 0) is 47.5 Å². The molecule has 0 aliphatic heterocycles. The molecule has 1 amide bonds. The van der Waals surface area contributed by atoms with E-state index in [2.05, 4.69) is 15.5 Å². The van der Waals surface area contributed by atoms with Gasteiger partial charge in [0, 0.05) is 10.6 Å². The molecule has 3 aromatic carbocycles. The number of nitrogens with zero attached hydrogens (tertiary/aromatic N) is 2. The van der Waals surface area contributed by atoms with Gasteiger partial charge in [-0.25, -0.2) is 0 Å². The Balaban J connectivity index is 1.42. The first kappa shape index (κ1) is 21.9. The maximum Gasteiger partial charge on any atom is 0.277 e. The lowest BCUT2D eigenvalue weighted by atomic mass is 9.99. The molecule has 0 saturated heterocycles. The first-order valence-electron chi connectivity index (χ1n) is 9.83. The molecule has 4 rings (SSSR count). The van der Waals surface area contributed by atoms with Crippen molar-refractivity contribution in [3.05, 3.63) is 95.0 Å². The summed E-state index contributed by atoms with van der Waals surface area (Å²) < 4.78 is 10.8. The maximum absolute atomic E-state index is 12.7. The Morgan fingerprint density at radius 3 is 2.50 bits per heavy atom. The molecule has 0 aliphatic carbocycles. The fourth-order valence-electron chi connectivity index (χ4n) is 3.14. The van der Waals surface area contributed by atoms with Gasteiger partial charge in [-0.1, -0.05) is 65.8 Å². The molecule has 32 heavy (non-hydrogen) atoms. The van der Waals surface area contributed by atoms with Crippen LogP contribution < -0.4 is 10.1 Å². The van der Waals surface area contributed by atoms with Crippen molar-refractivity contribution < 1.29 is 13.9 Å². The van der Waals surface area contributed by atoms with Crippen LogP contribution in [0.5, 0.6) is 5.75 Å². The third-order valence-corrected chi connectivity index (χ3v) is 5.74. The number of aromatic nitrogens is 2. The average Bonchev–Trinajstić information content (AvgIpc) is 3.31. The smallest absolute Gasteiger partial charge is 0.277 e. The van der Waals surface area contributed by atoms with E-state index in [-0.39, 0.29) is 17.7 Å². The number of hydrogen-bond acceptors (Lipinski definition) is 6. The van der Waals surface area contributed by atoms with Crippen LogP contribution in [-0.4, -0.2) is 29.0 Å². The van der Waals surface area contributed by atoms with E-state index >= 15 is 0 Å². The highest BCUT2D eigenvalue weighted by molar-refractivity contribution is 7.99. The molecule has 0 saturated carbocycles. The van der Waals surface area contributed by atoms with Crippen LogP contribution in [0.1, 0.15) is 17.2 Å². The highest BCUT2D eigenvalue weighted by Gasteiger charge is 2.18. The number of amides is 1. The van der Waals surface area contributed by atoms with E-state index in [1.807, 2.05) is 72.8 Å². The first-order chi connectivity index (χ1) is 15.6. The van der Waals surface area contributed by atoms with Crippen LogP contribution in [0.25, 0.3) is 11.5 Å². The largest absolute Gasteiger partial charge is 0.497 e. The van der Waals surface area contributed by atoms with Crippen LogP contribution in [-0.2, 0) is 4.79 Å². The molecular formula is C24H20ClN3O3S. The molecule has 0 bridgehead atoms.